The highest BCUT2D eigenvalue weighted by atomic mass is 32.2. The molecule has 0 saturated heterocycles. The van der Waals surface area contributed by atoms with Gasteiger partial charge in [0.2, 0.25) is 0 Å². The van der Waals surface area contributed by atoms with Crippen LogP contribution >= 0.6 is 0 Å². The van der Waals surface area contributed by atoms with E-state index < -0.39 is 11.0 Å². The van der Waals surface area contributed by atoms with Crippen LogP contribution in [-0.2, 0) is 11.0 Å². The molecule has 1 atom stereocenters. The predicted octanol–water partition coefficient (Wildman–Crippen LogP) is 4.00. The van der Waals surface area contributed by atoms with Gasteiger partial charge in [-0.2, -0.15) is 4.40 Å². The lowest BCUT2D eigenvalue weighted by Crippen LogP contribution is -2.19. The molecule has 0 N–H and O–H groups in total. The quantitative estimate of drug-likeness (QED) is 0.750. The van der Waals surface area contributed by atoms with Crippen LogP contribution in [0.25, 0.3) is 0 Å². The molecule has 1 aromatic rings. The number of aryl methyl sites for hydroxylation is 1. The van der Waals surface area contributed by atoms with E-state index in [1.54, 1.807) is 6.21 Å². The lowest BCUT2D eigenvalue weighted by atomic mass is 10.2. The van der Waals surface area contributed by atoms with Gasteiger partial charge >= 0.3 is 0 Å². The van der Waals surface area contributed by atoms with Crippen molar-refractivity contribution in [2.75, 3.05) is 0 Å². The van der Waals surface area contributed by atoms with E-state index in [-0.39, 0.29) is 4.75 Å². The van der Waals surface area contributed by atoms with Crippen LogP contribution in [0.4, 0.5) is 0 Å². The van der Waals surface area contributed by atoms with Crippen molar-refractivity contribution in [3.8, 4) is 0 Å². The summed E-state index contributed by atoms with van der Waals surface area (Å²) in [6.45, 7) is 7.78. The Morgan fingerprint density at radius 2 is 1.47 bits per heavy atom. The van der Waals surface area contributed by atoms with E-state index in [2.05, 4.69) is 11.3 Å². The van der Waals surface area contributed by atoms with Crippen LogP contribution < -0.4 is 0 Å². The van der Waals surface area contributed by atoms with Gasteiger partial charge in [0.05, 0.1) is 4.75 Å². The van der Waals surface area contributed by atoms with Gasteiger partial charge in [-0.25, -0.2) is 4.21 Å². The molecule has 0 aromatic heterocycles. The molecule has 0 radical (unpaired) electrons. The largest absolute Gasteiger partial charge is 0.234 e. The van der Waals surface area contributed by atoms with Gasteiger partial charge in [-0.05, 0) is 33.3 Å². The topological polar surface area (TPSA) is 29.4 Å². The first-order chi connectivity index (χ1) is 8.89. The smallest absolute Gasteiger partial charge is 0.144 e. The monoisotopic (exact) mass is 275 g/mol. The van der Waals surface area contributed by atoms with Crippen LogP contribution in [0.2, 0.25) is 0 Å². The molecule has 2 nitrogen and oxygen atoms in total. The Morgan fingerprint density at radius 3 is 1.95 bits per heavy atom. The van der Waals surface area contributed by atoms with Crippen molar-refractivity contribution in [3.63, 3.8) is 0 Å². The second-order valence-electron chi connectivity index (χ2n) is 5.28. The molecule has 0 bridgehead atoms. The standard InChI is InChI=1S/C16H21NOS/c1-14-9-5-7-11-15(12-8-6-10-14)13-17-19(18)16(2,3)4/h5-13H,1-4H3. The summed E-state index contributed by atoms with van der Waals surface area (Å²) in [5, 5.41) is 0. The van der Waals surface area contributed by atoms with Gasteiger partial charge < -0.3 is 0 Å². The van der Waals surface area contributed by atoms with Crippen LogP contribution in [-0.4, -0.2) is 15.2 Å². The fourth-order valence-electron chi connectivity index (χ4n) is 1.21. The van der Waals surface area contributed by atoms with Gasteiger partial charge in [0, 0.05) is 6.21 Å². The van der Waals surface area contributed by atoms with E-state index in [9.17, 15) is 4.21 Å². The molecule has 0 aliphatic carbocycles. The molecule has 1 aromatic carbocycles. The minimum atomic E-state index is -1.22. The highest BCUT2D eigenvalue weighted by Crippen LogP contribution is 2.11. The molecular formula is C16H21NOS. The van der Waals surface area contributed by atoms with Gasteiger partial charge in [-0.1, -0.05) is 54.1 Å². The Bertz CT molecular complexity index is 501. The van der Waals surface area contributed by atoms with Crippen molar-refractivity contribution in [2.45, 2.75) is 32.4 Å². The van der Waals surface area contributed by atoms with Crippen molar-refractivity contribution >= 4 is 17.2 Å². The molecular weight excluding hydrogens is 254 g/mol. The van der Waals surface area contributed by atoms with Crippen molar-refractivity contribution in [1.82, 2.24) is 0 Å². The average Bonchev–Trinajstić information content (AvgIpc) is 2.34. The third-order valence-corrected chi connectivity index (χ3v) is 3.68. The van der Waals surface area contributed by atoms with Gasteiger partial charge in [0.15, 0.2) is 0 Å². The number of rotatable bonds is 2. The minimum absolute atomic E-state index is 0.327. The molecule has 3 heteroatoms. The zero-order valence-electron chi connectivity index (χ0n) is 12.0. The van der Waals surface area contributed by atoms with Crippen LogP contribution in [0, 0.1) is 6.92 Å². The highest BCUT2D eigenvalue weighted by Gasteiger charge is 2.17. The zero-order chi connectivity index (χ0) is 14.3. The van der Waals surface area contributed by atoms with E-state index in [0.717, 1.165) is 5.56 Å². The SMILES string of the molecule is Cc1ccccc(C=NS(=O)C(C)(C)C)cccc1. The molecule has 1 rings (SSSR count). The number of hydrogen-bond donors (Lipinski definition) is 0. The Labute approximate surface area is 118 Å². The maximum Gasteiger partial charge on any atom is 0.144 e. The lowest BCUT2D eigenvalue weighted by molar-refractivity contribution is 0.651. The molecule has 0 aliphatic heterocycles. The fourth-order valence-corrected chi connectivity index (χ4v) is 1.75. The van der Waals surface area contributed by atoms with Crippen molar-refractivity contribution in [2.24, 2.45) is 4.40 Å². The van der Waals surface area contributed by atoms with Gasteiger partial charge in [-0.3, -0.25) is 0 Å². The molecule has 1 unspecified atom stereocenters. The van der Waals surface area contributed by atoms with E-state index in [1.165, 1.54) is 5.56 Å². The summed E-state index contributed by atoms with van der Waals surface area (Å²) < 4.78 is 15.6. The molecule has 0 fully saturated rings. The van der Waals surface area contributed by atoms with Crippen molar-refractivity contribution in [3.05, 3.63) is 59.7 Å². The van der Waals surface area contributed by atoms with Crippen molar-refractivity contribution < 1.29 is 4.21 Å². The van der Waals surface area contributed by atoms with E-state index >= 15 is 0 Å². The fraction of sp³-hybridized carbons (Fsp3) is 0.312. The Morgan fingerprint density at radius 1 is 1.00 bits per heavy atom. The lowest BCUT2D eigenvalue weighted by Gasteiger charge is -2.12. The van der Waals surface area contributed by atoms with Crippen LogP contribution in [0.5, 0.6) is 0 Å². The van der Waals surface area contributed by atoms with E-state index in [1.807, 2.05) is 69.3 Å². The molecule has 0 heterocycles. The Balaban J connectivity index is 3.02. The first-order valence-electron chi connectivity index (χ1n) is 6.25. The number of nitrogens with zero attached hydrogens (tertiary/aromatic N) is 1. The third-order valence-electron chi connectivity index (χ3n) is 2.34. The second kappa shape index (κ2) is 7.19. The molecule has 19 heavy (non-hydrogen) atoms. The summed E-state index contributed by atoms with van der Waals surface area (Å²) >= 11 is 0. The maximum atomic E-state index is 11.8. The Kier molecular flexibility index (Phi) is 5.90. The predicted molar refractivity (Wildman–Crippen MR) is 84.3 cm³/mol. The van der Waals surface area contributed by atoms with Crippen LogP contribution in [0.1, 0.15) is 31.9 Å². The zero-order valence-corrected chi connectivity index (χ0v) is 12.8. The summed E-state index contributed by atoms with van der Waals surface area (Å²) in [7, 11) is -1.22. The summed E-state index contributed by atoms with van der Waals surface area (Å²) in [6.07, 6.45) is 1.66. The van der Waals surface area contributed by atoms with E-state index in [4.69, 9.17) is 0 Å². The molecule has 102 valence electrons. The van der Waals surface area contributed by atoms with Gasteiger partial charge in [0.25, 0.3) is 0 Å². The first kappa shape index (κ1) is 15.6. The highest BCUT2D eigenvalue weighted by molar-refractivity contribution is 7.85. The van der Waals surface area contributed by atoms with Gasteiger partial charge in [-0.15, -0.1) is 0 Å². The summed E-state index contributed by atoms with van der Waals surface area (Å²) in [5.41, 5.74) is 2.12. The molecule has 0 aliphatic rings. The van der Waals surface area contributed by atoms with Gasteiger partial charge in [0.1, 0.15) is 11.0 Å². The summed E-state index contributed by atoms with van der Waals surface area (Å²) in [5.74, 6) is 0. The minimum Gasteiger partial charge on any atom is -0.234 e. The average molecular weight is 275 g/mol. The molecule has 0 amide bonds. The number of hydrogen-bond acceptors (Lipinski definition) is 1. The summed E-state index contributed by atoms with van der Waals surface area (Å²) in [4.78, 5) is 0. The van der Waals surface area contributed by atoms with Crippen LogP contribution in [0.15, 0.2) is 52.9 Å². The molecule has 0 saturated carbocycles. The van der Waals surface area contributed by atoms with Crippen molar-refractivity contribution in [1.29, 1.82) is 0 Å². The normalized spacial score (nSPS) is 13.1. The van der Waals surface area contributed by atoms with Crippen LogP contribution in [0.3, 0.4) is 0 Å². The maximum absolute atomic E-state index is 11.8. The molecule has 0 spiro atoms. The third kappa shape index (κ3) is 6.30. The summed E-state index contributed by atoms with van der Waals surface area (Å²) in [6, 6.07) is 15.8. The second-order valence-corrected chi connectivity index (χ2v) is 7.21. The Hall–Kier alpha value is -1.48. The first-order valence-corrected chi connectivity index (χ1v) is 7.36. The van der Waals surface area contributed by atoms with E-state index in [0.29, 0.717) is 0 Å².